The standard InChI is InChI=1S/C19H19Cl2N3O2/c1-2-3-7-17(25)23-15-10-8-13(9-11-15)19(26)24-22-12-14-5-4-6-16(20)18(14)21/h4-6,8-12H,2-3,7H2,1H3,(H,23,25)(H,24,26). The van der Waals surface area contributed by atoms with Gasteiger partial charge < -0.3 is 5.32 Å². The lowest BCUT2D eigenvalue weighted by Crippen LogP contribution is -2.17. The summed E-state index contributed by atoms with van der Waals surface area (Å²) >= 11 is 12.0. The molecule has 0 heterocycles. The molecule has 0 saturated heterocycles. The Labute approximate surface area is 162 Å². The summed E-state index contributed by atoms with van der Waals surface area (Å²) in [4.78, 5) is 23.8. The minimum Gasteiger partial charge on any atom is -0.326 e. The van der Waals surface area contributed by atoms with Crippen molar-refractivity contribution in [3.8, 4) is 0 Å². The largest absolute Gasteiger partial charge is 0.326 e. The molecule has 0 atom stereocenters. The van der Waals surface area contributed by atoms with Crippen molar-refractivity contribution in [1.29, 1.82) is 0 Å². The molecular formula is C19H19Cl2N3O2. The monoisotopic (exact) mass is 391 g/mol. The molecule has 0 spiro atoms. The van der Waals surface area contributed by atoms with Crippen molar-refractivity contribution in [3.63, 3.8) is 0 Å². The highest BCUT2D eigenvalue weighted by Gasteiger charge is 2.06. The van der Waals surface area contributed by atoms with Gasteiger partial charge in [0.15, 0.2) is 0 Å². The van der Waals surface area contributed by atoms with Gasteiger partial charge in [0.2, 0.25) is 5.91 Å². The summed E-state index contributed by atoms with van der Waals surface area (Å²) in [6, 6.07) is 11.7. The van der Waals surface area contributed by atoms with Crippen LogP contribution in [0.3, 0.4) is 0 Å². The van der Waals surface area contributed by atoms with Gasteiger partial charge in [-0.3, -0.25) is 9.59 Å². The van der Waals surface area contributed by atoms with Crippen LogP contribution in [0.2, 0.25) is 10.0 Å². The number of hydrogen-bond acceptors (Lipinski definition) is 3. The first kappa shape index (κ1) is 19.9. The number of hydrogen-bond donors (Lipinski definition) is 2. The van der Waals surface area contributed by atoms with Gasteiger partial charge in [-0.25, -0.2) is 5.43 Å². The number of carbonyl (C=O) groups is 2. The second-order valence-corrected chi connectivity index (χ2v) is 6.36. The van der Waals surface area contributed by atoms with Crippen molar-refractivity contribution >= 4 is 46.9 Å². The van der Waals surface area contributed by atoms with Crippen molar-refractivity contribution in [2.45, 2.75) is 26.2 Å². The van der Waals surface area contributed by atoms with E-state index in [2.05, 4.69) is 15.8 Å². The molecule has 0 saturated carbocycles. The third kappa shape index (κ3) is 5.86. The summed E-state index contributed by atoms with van der Waals surface area (Å²) < 4.78 is 0. The minimum absolute atomic E-state index is 0.0351. The highest BCUT2D eigenvalue weighted by atomic mass is 35.5. The van der Waals surface area contributed by atoms with Crippen LogP contribution in [0, 0.1) is 0 Å². The van der Waals surface area contributed by atoms with Gasteiger partial charge in [0, 0.05) is 23.2 Å². The van der Waals surface area contributed by atoms with Gasteiger partial charge in [-0.1, -0.05) is 48.7 Å². The molecule has 2 aromatic carbocycles. The molecule has 2 rings (SSSR count). The van der Waals surface area contributed by atoms with Crippen molar-refractivity contribution in [3.05, 3.63) is 63.6 Å². The smallest absolute Gasteiger partial charge is 0.271 e. The molecule has 0 aliphatic heterocycles. The van der Waals surface area contributed by atoms with Crippen molar-refractivity contribution in [2.75, 3.05) is 5.32 Å². The van der Waals surface area contributed by atoms with Crippen LogP contribution in [-0.2, 0) is 4.79 Å². The van der Waals surface area contributed by atoms with E-state index in [0.29, 0.717) is 33.3 Å². The first-order valence-corrected chi connectivity index (χ1v) is 8.94. The molecule has 0 bridgehead atoms. The molecule has 0 aromatic heterocycles. The lowest BCUT2D eigenvalue weighted by atomic mass is 10.2. The number of nitrogens with one attached hydrogen (secondary N) is 2. The van der Waals surface area contributed by atoms with Crippen molar-refractivity contribution in [1.82, 2.24) is 5.43 Å². The van der Waals surface area contributed by atoms with E-state index < -0.39 is 0 Å². The number of nitrogens with zero attached hydrogens (tertiary/aromatic N) is 1. The Morgan fingerprint density at radius 3 is 2.54 bits per heavy atom. The molecule has 2 aromatic rings. The summed E-state index contributed by atoms with van der Waals surface area (Å²) in [5.41, 5.74) is 4.10. The summed E-state index contributed by atoms with van der Waals surface area (Å²) in [6.45, 7) is 2.03. The molecule has 0 radical (unpaired) electrons. The highest BCUT2D eigenvalue weighted by molar-refractivity contribution is 6.43. The molecule has 26 heavy (non-hydrogen) atoms. The van der Waals surface area contributed by atoms with E-state index in [1.54, 1.807) is 42.5 Å². The summed E-state index contributed by atoms with van der Waals surface area (Å²) in [5, 5.41) is 7.46. The number of halogens is 2. The zero-order chi connectivity index (χ0) is 18.9. The Hall–Kier alpha value is -2.37. The minimum atomic E-state index is -0.372. The van der Waals surface area contributed by atoms with Crippen LogP contribution in [0.15, 0.2) is 47.6 Å². The van der Waals surface area contributed by atoms with E-state index in [4.69, 9.17) is 23.2 Å². The fraction of sp³-hybridized carbons (Fsp3) is 0.211. The van der Waals surface area contributed by atoms with E-state index >= 15 is 0 Å². The van der Waals surface area contributed by atoms with Gasteiger partial charge in [0.25, 0.3) is 5.91 Å². The molecule has 5 nitrogen and oxygen atoms in total. The highest BCUT2D eigenvalue weighted by Crippen LogP contribution is 2.24. The third-order valence-electron chi connectivity index (χ3n) is 3.54. The fourth-order valence-electron chi connectivity index (χ4n) is 2.11. The SMILES string of the molecule is CCCCC(=O)Nc1ccc(C(=O)NN=Cc2cccc(Cl)c2Cl)cc1. The molecule has 2 N–H and O–H groups in total. The molecule has 0 aliphatic carbocycles. The second-order valence-electron chi connectivity index (χ2n) is 5.57. The Kier molecular flexibility index (Phi) is 7.63. The van der Waals surface area contributed by atoms with Gasteiger partial charge >= 0.3 is 0 Å². The first-order valence-electron chi connectivity index (χ1n) is 8.18. The van der Waals surface area contributed by atoms with Crippen molar-refractivity contribution in [2.24, 2.45) is 5.10 Å². The predicted molar refractivity (Wildman–Crippen MR) is 106 cm³/mol. The number of amides is 2. The maximum absolute atomic E-state index is 12.1. The number of rotatable bonds is 7. The van der Waals surface area contributed by atoms with E-state index in [1.165, 1.54) is 6.21 Å². The molecule has 0 aliphatic rings. The van der Waals surface area contributed by atoms with Gasteiger partial charge in [-0.2, -0.15) is 5.10 Å². The Morgan fingerprint density at radius 2 is 1.85 bits per heavy atom. The quantitative estimate of drug-likeness (QED) is 0.521. The average molecular weight is 392 g/mol. The Bertz CT molecular complexity index is 805. The van der Waals surface area contributed by atoms with E-state index in [0.717, 1.165) is 12.8 Å². The normalized spacial score (nSPS) is 10.7. The molecule has 136 valence electrons. The van der Waals surface area contributed by atoms with Crippen LogP contribution in [0.4, 0.5) is 5.69 Å². The summed E-state index contributed by atoms with van der Waals surface area (Å²) in [6.07, 6.45) is 3.72. The molecule has 2 amide bonds. The number of benzene rings is 2. The number of unbranched alkanes of at least 4 members (excludes halogenated alkanes) is 1. The zero-order valence-electron chi connectivity index (χ0n) is 14.3. The van der Waals surface area contributed by atoms with Gasteiger partial charge in [0.1, 0.15) is 0 Å². The van der Waals surface area contributed by atoms with E-state index in [1.807, 2.05) is 6.92 Å². The van der Waals surface area contributed by atoms with E-state index in [-0.39, 0.29) is 11.8 Å². The zero-order valence-corrected chi connectivity index (χ0v) is 15.8. The Balaban J connectivity index is 1.92. The number of carbonyl (C=O) groups excluding carboxylic acids is 2. The lowest BCUT2D eigenvalue weighted by Gasteiger charge is -2.06. The van der Waals surface area contributed by atoms with Crippen LogP contribution < -0.4 is 10.7 Å². The predicted octanol–water partition coefficient (Wildman–Crippen LogP) is 4.89. The summed E-state index contributed by atoms with van der Waals surface area (Å²) in [7, 11) is 0. The van der Waals surface area contributed by atoms with Crippen LogP contribution in [-0.4, -0.2) is 18.0 Å². The Morgan fingerprint density at radius 1 is 1.12 bits per heavy atom. The van der Waals surface area contributed by atoms with Crippen LogP contribution in [0.5, 0.6) is 0 Å². The van der Waals surface area contributed by atoms with Gasteiger partial charge in [-0.15, -0.1) is 0 Å². The number of anilines is 1. The molecular weight excluding hydrogens is 373 g/mol. The van der Waals surface area contributed by atoms with Crippen molar-refractivity contribution < 1.29 is 9.59 Å². The fourth-order valence-corrected chi connectivity index (χ4v) is 2.47. The van der Waals surface area contributed by atoms with Crippen LogP contribution in [0.1, 0.15) is 42.1 Å². The first-order chi connectivity index (χ1) is 12.5. The van der Waals surface area contributed by atoms with Crippen LogP contribution >= 0.6 is 23.2 Å². The lowest BCUT2D eigenvalue weighted by molar-refractivity contribution is -0.116. The van der Waals surface area contributed by atoms with E-state index in [9.17, 15) is 9.59 Å². The molecule has 0 unspecified atom stereocenters. The van der Waals surface area contributed by atoms with Gasteiger partial charge in [0.05, 0.1) is 16.3 Å². The second kappa shape index (κ2) is 9.94. The molecule has 0 fully saturated rings. The number of hydrazone groups is 1. The van der Waals surface area contributed by atoms with Gasteiger partial charge in [-0.05, 0) is 36.8 Å². The third-order valence-corrected chi connectivity index (χ3v) is 4.37. The maximum atomic E-state index is 12.1. The topological polar surface area (TPSA) is 70.6 Å². The van der Waals surface area contributed by atoms with Crippen LogP contribution in [0.25, 0.3) is 0 Å². The summed E-state index contributed by atoms with van der Waals surface area (Å²) in [5.74, 6) is -0.407. The molecule has 7 heteroatoms. The average Bonchev–Trinajstić information content (AvgIpc) is 2.64. The maximum Gasteiger partial charge on any atom is 0.271 e.